The SMILES string of the molecule is CC1(C)c2cc(N(c3ccc4c(c3)C(C)(C)c3c5c(c6oc7ccccc7c6c3-4)-c3ccccc3C5(C)C)c3cccc4c3oc3ccccc34)ccc2-c2cc3c(cc21)-c1c(ccc2oc4ccccc4c12)C3(C)C. The van der Waals surface area contributed by atoms with Crippen LogP contribution in [0, 0.1) is 0 Å². The highest BCUT2D eigenvalue weighted by molar-refractivity contribution is 6.21. The van der Waals surface area contributed by atoms with Crippen LogP contribution in [0.3, 0.4) is 0 Å². The van der Waals surface area contributed by atoms with Crippen LogP contribution >= 0.6 is 0 Å². The molecule has 10 aromatic carbocycles. The zero-order valence-corrected chi connectivity index (χ0v) is 43.9. The number of para-hydroxylation sites is 4. The van der Waals surface area contributed by atoms with Crippen LogP contribution in [-0.4, -0.2) is 0 Å². The number of benzene rings is 10. The smallest absolute Gasteiger partial charge is 0.159 e. The minimum absolute atomic E-state index is 0.196. The van der Waals surface area contributed by atoms with Crippen LogP contribution in [0.1, 0.15) is 99.9 Å². The molecule has 0 radical (unpaired) electrons. The van der Waals surface area contributed by atoms with Crippen molar-refractivity contribution in [3.8, 4) is 44.5 Å². The van der Waals surface area contributed by atoms with Gasteiger partial charge in [0.05, 0.1) is 5.69 Å². The Balaban J connectivity index is 0.884. The number of hydrogen-bond donors (Lipinski definition) is 0. The molecule has 17 rings (SSSR count). The first kappa shape index (κ1) is 42.7. The molecule has 4 nitrogen and oxygen atoms in total. The third kappa shape index (κ3) is 5.02. The molecule has 3 aromatic heterocycles. The van der Waals surface area contributed by atoms with Crippen LogP contribution in [-0.2, 0) is 21.7 Å². The second kappa shape index (κ2) is 13.8. The lowest BCUT2D eigenvalue weighted by atomic mass is 9.72. The van der Waals surface area contributed by atoms with Gasteiger partial charge >= 0.3 is 0 Å². The van der Waals surface area contributed by atoms with Crippen molar-refractivity contribution < 1.29 is 13.3 Å². The summed E-state index contributed by atoms with van der Waals surface area (Å²) in [6.45, 7) is 19.3. The van der Waals surface area contributed by atoms with Crippen molar-refractivity contribution in [2.45, 2.75) is 77.0 Å². The highest BCUT2D eigenvalue weighted by Crippen LogP contribution is 2.64. The molecule has 0 unspecified atom stereocenters. The van der Waals surface area contributed by atoms with Gasteiger partial charge in [0.15, 0.2) is 5.58 Å². The van der Waals surface area contributed by atoms with E-state index in [4.69, 9.17) is 13.3 Å². The van der Waals surface area contributed by atoms with Gasteiger partial charge in [0, 0.05) is 70.9 Å². The lowest BCUT2D eigenvalue weighted by molar-refractivity contribution is 0.600. The monoisotopic (exact) mass is 979 g/mol. The average Bonchev–Trinajstić information content (AvgIpc) is 4.46. The summed E-state index contributed by atoms with van der Waals surface area (Å²) in [5.74, 6) is 0. The molecule has 364 valence electrons. The van der Waals surface area contributed by atoms with Gasteiger partial charge in [0.25, 0.3) is 0 Å². The van der Waals surface area contributed by atoms with E-state index in [0.717, 1.165) is 66.7 Å². The van der Waals surface area contributed by atoms with Gasteiger partial charge in [-0.1, -0.05) is 165 Å². The fraction of sp³-hybridized carbons (Fsp3) is 0.167. The van der Waals surface area contributed by atoms with E-state index in [1.54, 1.807) is 0 Å². The largest absolute Gasteiger partial charge is 0.456 e. The lowest BCUT2D eigenvalue weighted by Gasteiger charge is -2.32. The van der Waals surface area contributed by atoms with Gasteiger partial charge in [0.1, 0.15) is 27.9 Å². The fourth-order valence-corrected chi connectivity index (χ4v) is 15.4. The predicted octanol–water partition coefficient (Wildman–Crippen LogP) is 20.1. The van der Waals surface area contributed by atoms with Gasteiger partial charge in [-0.2, -0.15) is 0 Å². The molecule has 0 bridgehead atoms. The van der Waals surface area contributed by atoms with E-state index < -0.39 is 0 Å². The Labute approximate surface area is 440 Å². The second-order valence-electron chi connectivity index (χ2n) is 24.3. The molecule has 0 saturated heterocycles. The summed E-state index contributed by atoms with van der Waals surface area (Å²) in [7, 11) is 0. The summed E-state index contributed by atoms with van der Waals surface area (Å²) in [6, 6.07) is 65.2. The number of furan rings is 3. The topological polar surface area (TPSA) is 42.7 Å². The van der Waals surface area contributed by atoms with Gasteiger partial charge in [0.2, 0.25) is 0 Å². The number of anilines is 3. The van der Waals surface area contributed by atoms with E-state index in [1.165, 1.54) is 105 Å². The van der Waals surface area contributed by atoms with E-state index in [1.807, 2.05) is 0 Å². The minimum atomic E-state index is -0.365. The van der Waals surface area contributed by atoms with Gasteiger partial charge < -0.3 is 18.2 Å². The maximum absolute atomic E-state index is 7.03. The number of nitrogens with zero attached hydrogens (tertiary/aromatic N) is 1. The fourth-order valence-electron chi connectivity index (χ4n) is 15.4. The molecule has 0 fully saturated rings. The van der Waals surface area contributed by atoms with Crippen LogP contribution in [0.25, 0.3) is 110 Å². The summed E-state index contributed by atoms with van der Waals surface area (Å²) in [6.07, 6.45) is 0. The van der Waals surface area contributed by atoms with Crippen LogP contribution in [0.2, 0.25) is 0 Å². The molecule has 0 saturated carbocycles. The maximum atomic E-state index is 7.03. The molecule has 0 amide bonds. The van der Waals surface area contributed by atoms with Crippen LogP contribution in [0.15, 0.2) is 189 Å². The molecule has 4 aliphatic carbocycles. The normalized spacial score (nSPS) is 16.3. The number of fused-ring (bicyclic) bond motifs is 25. The molecule has 0 N–H and O–H groups in total. The maximum Gasteiger partial charge on any atom is 0.159 e. The quantitative estimate of drug-likeness (QED) is 0.177. The van der Waals surface area contributed by atoms with Gasteiger partial charge in [-0.15, -0.1) is 0 Å². The molecular weight excluding hydrogens is 927 g/mol. The van der Waals surface area contributed by atoms with Gasteiger partial charge in [-0.3, -0.25) is 0 Å². The molecule has 0 aliphatic heterocycles. The molecule has 76 heavy (non-hydrogen) atoms. The van der Waals surface area contributed by atoms with Crippen molar-refractivity contribution in [2.75, 3.05) is 4.90 Å². The first-order chi connectivity index (χ1) is 36.7. The molecule has 4 aliphatic rings. The Kier molecular flexibility index (Phi) is 7.76. The highest BCUT2D eigenvalue weighted by atomic mass is 16.3. The van der Waals surface area contributed by atoms with Crippen LogP contribution in [0.5, 0.6) is 0 Å². The number of hydrogen-bond acceptors (Lipinski definition) is 4. The summed E-state index contributed by atoms with van der Waals surface area (Å²) in [4.78, 5) is 2.47. The first-order valence-electron chi connectivity index (χ1n) is 27.0. The number of rotatable bonds is 3. The Bertz CT molecular complexity index is 4830. The minimum Gasteiger partial charge on any atom is -0.456 e. The Morgan fingerprint density at radius 3 is 1.59 bits per heavy atom. The average molecular weight is 980 g/mol. The Hall–Kier alpha value is -8.60. The van der Waals surface area contributed by atoms with Crippen molar-refractivity contribution in [3.05, 3.63) is 220 Å². The zero-order valence-electron chi connectivity index (χ0n) is 43.9. The first-order valence-corrected chi connectivity index (χ1v) is 27.0. The van der Waals surface area contributed by atoms with E-state index in [2.05, 4.69) is 236 Å². The standard InChI is InChI=1S/C72H53NO3/c1-69(2)50-32-33-59-61(45-20-11-15-26-57(45)74-59)60(50)48-37-53-47(36-54(48)69)40-30-28-38(34-51(40)70(53,3)4)73(55-24-17-22-42-41-18-10-14-25-56(41)75-67(42)55)39-29-31-44-52(35-39)72(7,8)65-62(44)63-46-21-12-16-27-58(46)76-68(63)64-43-19-9-13-23-49(43)71(5,6)66(64)65/h9-37H,1-8H3. The summed E-state index contributed by atoms with van der Waals surface area (Å²) in [5.41, 5.74) is 28.7. The van der Waals surface area contributed by atoms with Gasteiger partial charge in [-0.05, 0) is 150 Å². The Morgan fingerprint density at radius 2 is 0.829 bits per heavy atom. The van der Waals surface area contributed by atoms with Crippen LogP contribution in [0.4, 0.5) is 17.1 Å². The van der Waals surface area contributed by atoms with E-state index in [-0.39, 0.29) is 21.7 Å². The van der Waals surface area contributed by atoms with Crippen molar-refractivity contribution in [3.63, 3.8) is 0 Å². The van der Waals surface area contributed by atoms with Crippen molar-refractivity contribution in [1.82, 2.24) is 0 Å². The third-order valence-electron chi connectivity index (χ3n) is 19.0. The third-order valence-corrected chi connectivity index (χ3v) is 19.0. The molecule has 13 aromatic rings. The van der Waals surface area contributed by atoms with Crippen molar-refractivity contribution >= 4 is 82.9 Å². The molecule has 3 heterocycles. The lowest BCUT2D eigenvalue weighted by Crippen LogP contribution is -2.24. The van der Waals surface area contributed by atoms with E-state index in [0.29, 0.717) is 0 Å². The van der Waals surface area contributed by atoms with E-state index in [9.17, 15) is 0 Å². The van der Waals surface area contributed by atoms with Crippen molar-refractivity contribution in [2.24, 2.45) is 0 Å². The zero-order chi connectivity index (χ0) is 51.1. The molecule has 4 heteroatoms. The Morgan fingerprint density at radius 1 is 0.303 bits per heavy atom. The highest BCUT2D eigenvalue weighted by Gasteiger charge is 2.49. The second-order valence-corrected chi connectivity index (χ2v) is 24.3. The summed E-state index contributed by atoms with van der Waals surface area (Å²) in [5, 5.41) is 6.97. The predicted molar refractivity (Wildman–Crippen MR) is 313 cm³/mol. The molecule has 0 spiro atoms. The van der Waals surface area contributed by atoms with Gasteiger partial charge in [-0.25, -0.2) is 0 Å². The summed E-state index contributed by atoms with van der Waals surface area (Å²) < 4.78 is 20.5. The van der Waals surface area contributed by atoms with E-state index >= 15 is 0 Å². The van der Waals surface area contributed by atoms with Crippen molar-refractivity contribution in [1.29, 1.82) is 0 Å². The molecular formula is C72H53NO3. The molecule has 0 atom stereocenters. The summed E-state index contributed by atoms with van der Waals surface area (Å²) >= 11 is 0. The van der Waals surface area contributed by atoms with Crippen LogP contribution < -0.4 is 4.90 Å².